The Bertz CT molecular complexity index is 422. The normalized spacial score (nSPS) is 10.2. The maximum absolute atomic E-state index is 11.4. The quantitative estimate of drug-likeness (QED) is 0.841. The van der Waals surface area contributed by atoms with E-state index in [4.69, 9.17) is 10.5 Å². The molecule has 0 unspecified atom stereocenters. The average molecular weight is 315 g/mol. The number of amides is 1. The van der Waals surface area contributed by atoms with Gasteiger partial charge in [0.15, 0.2) is 6.61 Å². The molecular weight excluding hydrogens is 296 g/mol. The summed E-state index contributed by atoms with van der Waals surface area (Å²) in [5.74, 6) is 0.647. The van der Waals surface area contributed by atoms with Gasteiger partial charge in [-0.15, -0.1) is 0 Å². The molecule has 0 saturated carbocycles. The lowest BCUT2D eigenvalue weighted by Crippen LogP contribution is -2.28. The number of nitrogens with two attached hydrogens (primary N) is 1. The molecular formula is C13H19BrN2O2. The van der Waals surface area contributed by atoms with Crippen LogP contribution in [0.5, 0.6) is 5.75 Å². The van der Waals surface area contributed by atoms with Crippen molar-refractivity contribution in [3.05, 3.63) is 27.7 Å². The molecule has 1 aromatic rings. The van der Waals surface area contributed by atoms with Gasteiger partial charge in [0.25, 0.3) is 5.91 Å². The van der Waals surface area contributed by atoms with Gasteiger partial charge in [0.1, 0.15) is 5.75 Å². The van der Waals surface area contributed by atoms with Crippen LogP contribution in [0.3, 0.4) is 0 Å². The van der Waals surface area contributed by atoms with Gasteiger partial charge < -0.3 is 15.8 Å². The number of hydrogen-bond acceptors (Lipinski definition) is 3. The van der Waals surface area contributed by atoms with E-state index < -0.39 is 0 Å². The van der Waals surface area contributed by atoms with Gasteiger partial charge in [-0.05, 0) is 50.1 Å². The monoisotopic (exact) mass is 314 g/mol. The number of nitrogens with one attached hydrogen (secondary N) is 1. The third-order valence-corrected chi connectivity index (χ3v) is 2.91. The van der Waals surface area contributed by atoms with Crippen molar-refractivity contribution >= 4 is 21.8 Å². The number of hydrogen-bond donors (Lipinski definition) is 2. The summed E-state index contributed by atoms with van der Waals surface area (Å²) < 4.78 is 6.60. The predicted octanol–water partition coefficient (Wildman–Crippen LogP) is 1.77. The maximum Gasteiger partial charge on any atom is 0.257 e. The van der Waals surface area contributed by atoms with Crippen LogP contribution in [-0.2, 0) is 11.2 Å². The van der Waals surface area contributed by atoms with Crippen LogP contribution in [0.15, 0.2) is 16.6 Å². The third-order valence-electron chi connectivity index (χ3n) is 2.45. The maximum atomic E-state index is 11.4. The Balaban J connectivity index is 2.82. The zero-order valence-electron chi connectivity index (χ0n) is 10.8. The summed E-state index contributed by atoms with van der Waals surface area (Å²) >= 11 is 3.45. The Labute approximate surface area is 116 Å². The molecule has 0 aliphatic carbocycles. The highest BCUT2D eigenvalue weighted by atomic mass is 79.9. The molecule has 0 radical (unpaired) electrons. The van der Waals surface area contributed by atoms with Gasteiger partial charge in [-0.2, -0.15) is 0 Å². The Morgan fingerprint density at radius 3 is 2.83 bits per heavy atom. The Morgan fingerprint density at radius 2 is 2.22 bits per heavy atom. The topological polar surface area (TPSA) is 64.3 Å². The number of halogens is 1. The first-order valence-corrected chi connectivity index (χ1v) is 6.76. The summed E-state index contributed by atoms with van der Waals surface area (Å²) in [5, 5.41) is 2.70. The van der Waals surface area contributed by atoms with E-state index in [2.05, 4.69) is 21.2 Å². The zero-order valence-corrected chi connectivity index (χ0v) is 12.3. The van der Waals surface area contributed by atoms with Gasteiger partial charge in [-0.3, -0.25) is 4.79 Å². The molecule has 0 spiro atoms. The summed E-state index contributed by atoms with van der Waals surface area (Å²) in [6.07, 6.45) is 0.727. The van der Waals surface area contributed by atoms with Crippen molar-refractivity contribution in [1.82, 2.24) is 5.32 Å². The number of likely N-dealkylation sites (N-methyl/N-ethyl adjacent to an activating group) is 1. The number of benzene rings is 1. The summed E-state index contributed by atoms with van der Waals surface area (Å²) in [6.45, 7) is 5.03. The Hall–Kier alpha value is -1.07. The second kappa shape index (κ2) is 7.38. The molecule has 0 atom stereocenters. The Morgan fingerprint density at radius 1 is 1.50 bits per heavy atom. The van der Waals surface area contributed by atoms with E-state index in [1.807, 2.05) is 26.0 Å². The number of rotatable bonds is 6. The van der Waals surface area contributed by atoms with Crippen LogP contribution in [0, 0.1) is 6.92 Å². The molecule has 100 valence electrons. The lowest BCUT2D eigenvalue weighted by Gasteiger charge is -2.14. The minimum atomic E-state index is -0.112. The number of carbonyl (C=O) groups is 1. The highest BCUT2D eigenvalue weighted by Crippen LogP contribution is 2.28. The van der Waals surface area contributed by atoms with Crippen LogP contribution < -0.4 is 15.8 Å². The highest BCUT2D eigenvalue weighted by molar-refractivity contribution is 9.10. The van der Waals surface area contributed by atoms with Crippen molar-refractivity contribution in [2.45, 2.75) is 20.3 Å². The molecule has 0 fully saturated rings. The first kappa shape index (κ1) is 15.0. The van der Waals surface area contributed by atoms with Crippen molar-refractivity contribution < 1.29 is 9.53 Å². The lowest BCUT2D eigenvalue weighted by atomic mass is 10.1. The lowest BCUT2D eigenvalue weighted by molar-refractivity contribution is -0.122. The second-order valence-electron chi connectivity index (χ2n) is 3.99. The predicted molar refractivity (Wildman–Crippen MR) is 75.8 cm³/mol. The number of carbonyl (C=O) groups excluding carboxylic acids is 1. The van der Waals surface area contributed by atoms with Crippen LogP contribution >= 0.6 is 15.9 Å². The van der Waals surface area contributed by atoms with E-state index in [1.165, 1.54) is 0 Å². The van der Waals surface area contributed by atoms with E-state index in [1.54, 1.807) is 0 Å². The van der Waals surface area contributed by atoms with Crippen molar-refractivity contribution in [2.75, 3.05) is 19.7 Å². The molecule has 0 aromatic heterocycles. The molecule has 1 aromatic carbocycles. The molecule has 4 nitrogen and oxygen atoms in total. The van der Waals surface area contributed by atoms with Gasteiger partial charge in [0.05, 0.1) is 0 Å². The largest absolute Gasteiger partial charge is 0.483 e. The zero-order chi connectivity index (χ0) is 13.5. The molecule has 0 saturated heterocycles. The fourth-order valence-electron chi connectivity index (χ4n) is 1.73. The van der Waals surface area contributed by atoms with Gasteiger partial charge in [-0.25, -0.2) is 0 Å². The number of aryl methyl sites for hydroxylation is 1. The fraction of sp³-hybridized carbons (Fsp3) is 0.462. The number of ether oxygens (including phenoxy) is 1. The molecule has 0 aliphatic heterocycles. The van der Waals surface area contributed by atoms with Gasteiger partial charge in [0, 0.05) is 11.0 Å². The standard InChI is InChI=1S/C13H19BrN2O2/c1-3-16-12(17)8-18-13-9(2)6-11(14)7-10(13)4-5-15/h6-7H,3-5,8,15H2,1-2H3,(H,16,17). The van der Waals surface area contributed by atoms with Crippen LogP contribution in [-0.4, -0.2) is 25.6 Å². The summed E-state index contributed by atoms with van der Waals surface area (Å²) in [7, 11) is 0. The minimum Gasteiger partial charge on any atom is -0.483 e. The summed E-state index contributed by atoms with van der Waals surface area (Å²) in [4.78, 5) is 11.4. The van der Waals surface area contributed by atoms with Crippen LogP contribution in [0.2, 0.25) is 0 Å². The van der Waals surface area contributed by atoms with Crippen molar-refractivity contribution in [3.8, 4) is 5.75 Å². The second-order valence-corrected chi connectivity index (χ2v) is 4.91. The molecule has 0 heterocycles. The first-order chi connectivity index (χ1) is 8.58. The van der Waals surface area contributed by atoms with E-state index in [-0.39, 0.29) is 12.5 Å². The highest BCUT2D eigenvalue weighted by Gasteiger charge is 2.10. The molecule has 5 heteroatoms. The van der Waals surface area contributed by atoms with Crippen molar-refractivity contribution in [2.24, 2.45) is 5.73 Å². The van der Waals surface area contributed by atoms with Gasteiger partial charge in [-0.1, -0.05) is 15.9 Å². The van der Waals surface area contributed by atoms with Crippen molar-refractivity contribution in [3.63, 3.8) is 0 Å². The van der Waals surface area contributed by atoms with Gasteiger partial charge >= 0.3 is 0 Å². The molecule has 0 aliphatic rings. The van der Waals surface area contributed by atoms with E-state index >= 15 is 0 Å². The van der Waals surface area contributed by atoms with E-state index in [9.17, 15) is 4.79 Å². The van der Waals surface area contributed by atoms with Crippen molar-refractivity contribution in [1.29, 1.82) is 0 Å². The summed E-state index contributed by atoms with van der Waals surface area (Å²) in [6, 6.07) is 3.94. The van der Waals surface area contributed by atoms with Crippen LogP contribution in [0.4, 0.5) is 0 Å². The smallest absolute Gasteiger partial charge is 0.257 e. The third kappa shape index (κ3) is 4.31. The SMILES string of the molecule is CCNC(=O)COc1c(C)cc(Br)cc1CCN. The minimum absolute atomic E-state index is 0.0356. The van der Waals surface area contributed by atoms with E-state index in [0.717, 1.165) is 27.8 Å². The summed E-state index contributed by atoms with van der Waals surface area (Å²) in [5.41, 5.74) is 7.60. The fourth-order valence-corrected chi connectivity index (χ4v) is 2.35. The molecule has 18 heavy (non-hydrogen) atoms. The first-order valence-electron chi connectivity index (χ1n) is 5.97. The average Bonchev–Trinajstić information content (AvgIpc) is 2.28. The molecule has 1 rings (SSSR count). The molecule has 3 N–H and O–H groups in total. The Kier molecular flexibility index (Phi) is 6.15. The molecule has 0 bridgehead atoms. The van der Waals surface area contributed by atoms with Crippen LogP contribution in [0.25, 0.3) is 0 Å². The van der Waals surface area contributed by atoms with E-state index in [0.29, 0.717) is 13.1 Å². The van der Waals surface area contributed by atoms with Crippen LogP contribution in [0.1, 0.15) is 18.1 Å². The molecule has 1 amide bonds. The van der Waals surface area contributed by atoms with Gasteiger partial charge in [0.2, 0.25) is 0 Å².